The van der Waals surface area contributed by atoms with Crippen molar-refractivity contribution in [2.24, 2.45) is 0 Å². The van der Waals surface area contributed by atoms with Crippen LogP contribution in [0.4, 0.5) is 5.69 Å². The van der Waals surface area contributed by atoms with Crippen LogP contribution >= 0.6 is 11.6 Å². The summed E-state index contributed by atoms with van der Waals surface area (Å²) in [6.07, 6.45) is 0. The smallest absolute Gasteiger partial charge is 0.0668 e. The molecule has 1 N–H and O–H groups in total. The molecule has 4 heteroatoms. The first kappa shape index (κ1) is 14.6. The Balaban J connectivity index is 2.22. The lowest BCUT2D eigenvalue weighted by atomic mass is 10.1. The van der Waals surface area contributed by atoms with Crippen LogP contribution in [-0.4, -0.2) is 31.8 Å². The van der Waals surface area contributed by atoms with Crippen molar-refractivity contribution >= 4 is 17.3 Å². The van der Waals surface area contributed by atoms with Crippen molar-refractivity contribution in [3.8, 4) is 0 Å². The summed E-state index contributed by atoms with van der Waals surface area (Å²) in [5.74, 6) is 0. The van der Waals surface area contributed by atoms with E-state index in [2.05, 4.69) is 43.1 Å². The summed E-state index contributed by atoms with van der Waals surface area (Å²) in [6.45, 7) is 9.88. The average Bonchev–Trinajstić information content (AvgIpc) is 2.37. The highest BCUT2D eigenvalue weighted by molar-refractivity contribution is 6.30. The molecule has 0 aliphatic carbocycles. The van der Waals surface area contributed by atoms with Gasteiger partial charge in [0.2, 0.25) is 0 Å². The van der Waals surface area contributed by atoms with Crippen LogP contribution in [0.25, 0.3) is 0 Å². The van der Waals surface area contributed by atoms with Gasteiger partial charge in [0, 0.05) is 35.9 Å². The highest BCUT2D eigenvalue weighted by atomic mass is 35.5. The zero-order valence-electron chi connectivity index (χ0n) is 11.9. The number of halogens is 1. The van der Waals surface area contributed by atoms with Crippen LogP contribution < -0.4 is 10.2 Å². The number of rotatable bonds is 4. The molecule has 106 valence electrons. The van der Waals surface area contributed by atoms with E-state index in [4.69, 9.17) is 16.3 Å². The summed E-state index contributed by atoms with van der Waals surface area (Å²) in [4.78, 5) is 2.41. The lowest BCUT2D eigenvalue weighted by Gasteiger charge is -2.36. The molecule has 1 fully saturated rings. The number of hydrogen-bond donors (Lipinski definition) is 1. The Hall–Kier alpha value is -0.770. The molecule has 0 amide bonds. The standard InChI is InChI=1S/C15H23ClN2O/c1-11(2)17-9-13-8-14(16)4-5-15(13)18-6-7-19-10-12(18)3/h4-5,8,11-12,17H,6-7,9-10H2,1-3H3. The minimum Gasteiger partial charge on any atom is -0.377 e. The van der Waals surface area contributed by atoms with Gasteiger partial charge in [0.25, 0.3) is 0 Å². The molecule has 0 spiro atoms. The predicted molar refractivity (Wildman–Crippen MR) is 81.1 cm³/mol. The quantitative estimate of drug-likeness (QED) is 0.919. The number of nitrogens with zero attached hydrogens (tertiary/aromatic N) is 1. The van der Waals surface area contributed by atoms with Crippen molar-refractivity contribution in [2.75, 3.05) is 24.7 Å². The molecular weight excluding hydrogens is 260 g/mol. The Morgan fingerprint density at radius 3 is 2.95 bits per heavy atom. The van der Waals surface area contributed by atoms with Crippen LogP contribution in [0, 0.1) is 0 Å². The van der Waals surface area contributed by atoms with Gasteiger partial charge in [-0.15, -0.1) is 0 Å². The number of anilines is 1. The summed E-state index contributed by atoms with van der Waals surface area (Å²) in [5, 5.41) is 4.26. The van der Waals surface area contributed by atoms with Crippen LogP contribution in [0.15, 0.2) is 18.2 Å². The van der Waals surface area contributed by atoms with Gasteiger partial charge in [0.15, 0.2) is 0 Å². The Kier molecular flexibility index (Phi) is 5.08. The highest BCUT2D eigenvalue weighted by Gasteiger charge is 2.21. The van der Waals surface area contributed by atoms with E-state index in [9.17, 15) is 0 Å². The number of nitrogens with one attached hydrogen (secondary N) is 1. The largest absolute Gasteiger partial charge is 0.377 e. The zero-order valence-corrected chi connectivity index (χ0v) is 12.7. The molecule has 19 heavy (non-hydrogen) atoms. The molecule has 1 aromatic rings. The molecule has 1 aromatic carbocycles. The van der Waals surface area contributed by atoms with Gasteiger partial charge in [-0.1, -0.05) is 25.4 Å². The van der Waals surface area contributed by atoms with Gasteiger partial charge in [0.05, 0.1) is 13.2 Å². The molecule has 1 saturated heterocycles. The van der Waals surface area contributed by atoms with Crippen LogP contribution in [0.1, 0.15) is 26.3 Å². The first-order chi connectivity index (χ1) is 9.08. The average molecular weight is 283 g/mol. The van der Waals surface area contributed by atoms with Gasteiger partial charge in [-0.2, -0.15) is 0 Å². The lowest BCUT2D eigenvalue weighted by Crippen LogP contribution is -2.44. The topological polar surface area (TPSA) is 24.5 Å². The van der Waals surface area contributed by atoms with Gasteiger partial charge >= 0.3 is 0 Å². The highest BCUT2D eigenvalue weighted by Crippen LogP contribution is 2.27. The fourth-order valence-corrected chi connectivity index (χ4v) is 2.57. The first-order valence-electron chi connectivity index (χ1n) is 6.94. The van der Waals surface area contributed by atoms with Crippen LogP contribution in [0.5, 0.6) is 0 Å². The minimum absolute atomic E-state index is 0.410. The molecule has 1 heterocycles. The summed E-state index contributed by atoms with van der Waals surface area (Å²) in [6, 6.07) is 7.04. The summed E-state index contributed by atoms with van der Waals surface area (Å²) < 4.78 is 5.51. The third-order valence-electron chi connectivity index (χ3n) is 3.42. The van der Waals surface area contributed by atoms with E-state index in [-0.39, 0.29) is 0 Å². The Labute approximate surface area is 120 Å². The molecule has 2 rings (SSSR count). The number of ether oxygens (including phenoxy) is 1. The molecule has 1 atom stereocenters. The predicted octanol–water partition coefficient (Wildman–Crippen LogP) is 3.06. The molecule has 0 radical (unpaired) electrons. The second-order valence-corrected chi connectivity index (χ2v) is 5.86. The minimum atomic E-state index is 0.410. The maximum atomic E-state index is 6.14. The van der Waals surface area contributed by atoms with E-state index >= 15 is 0 Å². The summed E-state index contributed by atoms with van der Waals surface area (Å²) >= 11 is 6.14. The van der Waals surface area contributed by atoms with Crippen molar-refractivity contribution in [3.05, 3.63) is 28.8 Å². The molecule has 1 aliphatic rings. The van der Waals surface area contributed by atoms with Gasteiger partial charge in [-0.05, 0) is 30.7 Å². The monoisotopic (exact) mass is 282 g/mol. The number of hydrogen-bond acceptors (Lipinski definition) is 3. The van der Waals surface area contributed by atoms with Gasteiger partial charge in [-0.3, -0.25) is 0 Å². The maximum Gasteiger partial charge on any atom is 0.0668 e. The molecule has 0 saturated carbocycles. The number of benzene rings is 1. The fourth-order valence-electron chi connectivity index (χ4n) is 2.37. The van der Waals surface area contributed by atoms with E-state index in [0.717, 1.165) is 31.3 Å². The van der Waals surface area contributed by atoms with Gasteiger partial charge in [-0.25, -0.2) is 0 Å². The third kappa shape index (κ3) is 3.85. The fraction of sp³-hybridized carbons (Fsp3) is 0.600. The summed E-state index contributed by atoms with van der Waals surface area (Å²) in [7, 11) is 0. The van der Waals surface area contributed by atoms with Crippen molar-refractivity contribution in [2.45, 2.75) is 39.4 Å². The molecular formula is C15H23ClN2O. The van der Waals surface area contributed by atoms with E-state index in [0.29, 0.717) is 12.1 Å². The number of morpholine rings is 1. The summed E-state index contributed by atoms with van der Waals surface area (Å²) in [5.41, 5.74) is 2.53. The Morgan fingerprint density at radius 1 is 1.47 bits per heavy atom. The normalized spacial score (nSPS) is 20.1. The molecule has 3 nitrogen and oxygen atoms in total. The molecule has 0 aromatic heterocycles. The van der Waals surface area contributed by atoms with E-state index in [1.54, 1.807) is 0 Å². The zero-order chi connectivity index (χ0) is 13.8. The lowest BCUT2D eigenvalue weighted by molar-refractivity contribution is 0.0988. The first-order valence-corrected chi connectivity index (χ1v) is 7.32. The van der Waals surface area contributed by atoms with E-state index in [1.165, 1.54) is 11.3 Å². The van der Waals surface area contributed by atoms with Crippen molar-refractivity contribution in [1.29, 1.82) is 0 Å². The van der Waals surface area contributed by atoms with Crippen LogP contribution in [-0.2, 0) is 11.3 Å². The van der Waals surface area contributed by atoms with E-state index in [1.807, 2.05) is 6.07 Å². The second-order valence-electron chi connectivity index (χ2n) is 5.43. The Morgan fingerprint density at radius 2 is 2.26 bits per heavy atom. The molecule has 1 aliphatic heterocycles. The van der Waals surface area contributed by atoms with Crippen molar-refractivity contribution in [3.63, 3.8) is 0 Å². The van der Waals surface area contributed by atoms with Crippen LogP contribution in [0.3, 0.4) is 0 Å². The van der Waals surface area contributed by atoms with Crippen molar-refractivity contribution in [1.82, 2.24) is 5.32 Å². The van der Waals surface area contributed by atoms with Crippen LogP contribution in [0.2, 0.25) is 5.02 Å². The third-order valence-corrected chi connectivity index (χ3v) is 3.65. The van der Waals surface area contributed by atoms with Gasteiger partial charge in [0.1, 0.15) is 0 Å². The van der Waals surface area contributed by atoms with Crippen molar-refractivity contribution < 1.29 is 4.74 Å². The van der Waals surface area contributed by atoms with Gasteiger partial charge < -0.3 is 15.0 Å². The SMILES string of the molecule is CC(C)NCc1cc(Cl)ccc1N1CCOCC1C. The maximum absolute atomic E-state index is 6.14. The Bertz CT molecular complexity index is 423. The van der Waals surface area contributed by atoms with E-state index < -0.39 is 0 Å². The molecule has 0 bridgehead atoms. The molecule has 1 unspecified atom stereocenters. The second kappa shape index (κ2) is 6.60.